The van der Waals surface area contributed by atoms with E-state index in [1.165, 1.54) is 6.07 Å². The highest BCUT2D eigenvalue weighted by Gasteiger charge is 2.48. The fourth-order valence-electron chi connectivity index (χ4n) is 2.51. The van der Waals surface area contributed by atoms with Crippen molar-refractivity contribution in [3.63, 3.8) is 0 Å². The van der Waals surface area contributed by atoms with Crippen molar-refractivity contribution in [3.05, 3.63) is 23.0 Å². The van der Waals surface area contributed by atoms with E-state index < -0.39 is 35.3 Å². The number of imidazole rings is 1. The molecule has 9 heteroatoms. The number of rotatable bonds is 3. The zero-order chi connectivity index (χ0) is 20.1. The zero-order valence-electron chi connectivity index (χ0n) is 15.1. The van der Waals surface area contributed by atoms with Crippen LogP contribution in [0.5, 0.6) is 0 Å². The lowest BCUT2D eigenvalue weighted by Gasteiger charge is -2.28. The van der Waals surface area contributed by atoms with E-state index in [9.17, 15) is 22.4 Å². The van der Waals surface area contributed by atoms with Crippen LogP contribution in [0.4, 0.5) is 23.5 Å². The van der Waals surface area contributed by atoms with Gasteiger partial charge in [-0.05, 0) is 26.8 Å². The van der Waals surface area contributed by atoms with Gasteiger partial charge in [-0.1, -0.05) is 25.4 Å². The Balaban J connectivity index is 2.45. The summed E-state index contributed by atoms with van der Waals surface area (Å²) in [5.74, 6) is -1.47. The summed E-state index contributed by atoms with van der Waals surface area (Å²) in [4.78, 5) is 16.4. The number of amides is 1. The largest absolute Gasteiger partial charge is 0.394 e. The zero-order valence-corrected chi connectivity index (χ0v) is 15.8. The predicted molar refractivity (Wildman–Crippen MR) is 92.8 cm³/mol. The maximum atomic E-state index is 13.7. The third-order valence-electron chi connectivity index (χ3n) is 3.99. The van der Waals surface area contributed by atoms with Crippen LogP contribution >= 0.6 is 11.6 Å². The van der Waals surface area contributed by atoms with Gasteiger partial charge in [0.25, 0.3) is 0 Å². The Morgan fingerprint density at radius 2 is 1.77 bits per heavy atom. The Morgan fingerprint density at radius 3 is 2.27 bits per heavy atom. The van der Waals surface area contributed by atoms with Gasteiger partial charge in [-0.15, -0.1) is 0 Å². The first kappa shape index (κ1) is 20.5. The Bertz CT molecular complexity index is 850. The Labute approximate surface area is 153 Å². The molecule has 0 spiro atoms. The number of alkyl halides is 3. The monoisotopic (exact) mass is 393 g/mol. The van der Waals surface area contributed by atoms with Crippen LogP contribution in [0.3, 0.4) is 0 Å². The van der Waals surface area contributed by atoms with Gasteiger partial charge in [0, 0.05) is 18.0 Å². The molecule has 1 aromatic carbocycles. The average Bonchev–Trinajstić information content (AvgIpc) is 2.73. The maximum absolute atomic E-state index is 13.7. The van der Waals surface area contributed by atoms with Gasteiger partial charge in [0.2, 0.25) is 11.9 Å². The van der Waals surface area contributed by atoms with E-state index in [0.29, 0.717) is 5.52 Å². The Hall–Kier alpha value is -1.83. The summed E-state index contributed by atoms with van der Waals surface area (Å²) in [6.45, 7) is 7.37. The van der Waals surface area contributed by atoms with Gasteiger partial charge >= 0.3 is 6.18 Å². The van der Waals surface area contributed by atoms with Gasteiger partial charge < -0.3 is 4.57 Å². The van der Waals surface area contributed by atoms with E-state index >= 15 is 0 Å². The van der Waals surface area contributed by atoms with Crippen molar-refractivity contribution in [2.75, 3.05) is 5.32 Å². The lowest BCUT2D eigenvalue weighted by Crippen LogP contribution is -2.36. The molecule has 0 fully saturated rings. The fraction of sp³-hybridized carbons (Fsp3) is 0.529. The molecule has 0 aliphatic rings. The number of nitrogens with zero attached hydrogens (tertiary/aromatic N) is 2. The number of anilines is 1. The molecule has 1 aromatic heterocycles. The molecule has 1 heterocycles. The summed E-state index contributed by atoms with van der Waals surface area (Å²) in [5, 5.41) is 2.31. The lowest BCUT2D eigenvalue weighted by molar-refractivity contribution is -0.213. The molecule has 0 aliphatic carbocycles. The summed E-state index contributed by atoms with van der Waals surface area (Å²) in [6, 6.07) is 2.50. The molecule has 0 radical (unpaired) electrons. The molecular weight excluding hydrogens is 374 g/mol. The summed E-state index contributed by atoms with van der Waals surface area (Å²) < 4.78 is 54.3. The molecule has 2 aromatic rings. The highest BCUT2D eigenvalue weighted by atomic mass is 35.5. The normalized spacial score (nSPS) is 13.3. The van der Waals surface area contributed by atoms with Crippen molar-refractivity contribution >= 4 is 34.5 Å². The SMILES string of the molecule is CC(C)(C)n1c(NC(=O)CC(C)(C)C(F)(F)F)nc2cc(F)c(Cl)cc21. The number of carbonyl (C=O) groups excluding carboxylic acids is 1. The molecule has 0 aliphatic heterocycles. The van der Waals surface area contributed by atoms with Crippen LogP contribution in [0.15, 0.2) is 12.1 Å². The van der Waals surface area contributed by atoms with Crippen LogP contribution < -0.4 is 5.32 Å². The third kappa shape index (κ3) is 3.95. The van der Waals surface area contributed by atoms with Crippen LogP contribution in [0.25, 0.3) is 11.0 Å². The van der Waals surface area contributed by atoms with Crippen LogP contribution in [-0.4, -0.2) is 21.6 Å². The highest BCUT2D eigenvalue weighted by molar-refractivity contribution is 6.31. The molecule has 1 N–H and O–H groups in total. The minimum Gasteiger partial charge on any atom is -0.305 e. The van der Waals surface area contributed by atoms with Crippen molar-refractivity contribution < 1.29 is 22.4 Å². The average molecular weight is 394 g/mol. The number of nitrogens with one attached hydrogen (secondary N) is 1. The minimum absolute atomic E-state index is 0.0390. The van der Waals surface area contributed by atoms with Crippen molar-refractivity contribution in [1.29, 1.82) is 0 Å². The maximum Gasteiger partial charge on any atom is 0.394 e. The Kier molecular flexibility index (Phi) is 5.04. The van der Waals surface area contributed by atoms with Crippen molar-refractivity contribution in [2.45, 2.75) is 52.8 Å². The summed E-state index contributed by atoms with van der Waals surface area (Å²) in [5.41, 5.74) is -2.06. The van der Waals surface area contributed by atoms with Gasteiger partial charge in [-0.25, -0.2) is 9.37 Å². The summed E-state index contributed by atoms with van der Waals surface area (Å²) in [6.07, 6.45) is -5.29. The number of hydrogen-bond donors (Lipinski definition) is 1. The molecule has 4 nitrogen and oxygen atoms in total. The number of halogens is 5. The topological polar surface area (TPSA) is 46.9 Å². The second kappa shape index (κ2) is 6.40. The summed E-state index contributed by atoms with van der Waals surface area (Å²) >= 11 is 5.83. The van der Waals surface area contributed by atoms with E-state index in [4.69, 9.17) is 11.6 Å². The molecular formula is C17H20ClF4N3O. The first-order valence-corrected chi connectivity index (χ1v) is 8.26. The van der Waals surface area contributed by atoms with Crippen molar-refractivity contribution in [3.8, 4) is 0 Å². The second-order valence-corrected chi connectivity index (χ2v) is 8.21. The summed E-state index contributed by atoms with van der Waals surface area (Å²) in [7, 11) is 0. The molecule has 144 valence electrons. The van der Waals surface area contributed by atoms with Gasteiger partial charge in [0.15, 0.2) is 0 Å². The molecule has 0 atom stereocenters. The molecule has 2 rings (SSSR count). The van der Waals surface area contributed by atoms with Gasteiger partial charge in [0.05, 0.1) is 21.5 Å². The fourth-order valence-corrected chi connectivity index (χ4v) is 2.66. The highest BCUT2D eigenvalue weighted by Crippen LogP contribution is 2.40. The first-order valence-electron chi connectivity index (χ1n) is 7.88. The van der Waals surface area contributed by atoms with Crippen LogP contribution in [0, 0.1) is 11.2 Å². The van der Waals surface area contributed by atoms with E-state index in [-0.39, 0.29) is 16.5 Å². The smallest absolute Gasteiger partial charge is 0.305 e. The van der Waals surface area contributed by atoms with Crippen LogP contribution in [-0.2, 0) is 10.3 Å². The van der Waals surface area contributed by atoms with E-state index in [0.717, 1.165) is 19.9 Å². The molecule has 26 heavy (non-hydrogen) atoms. The van der Waals surface area contributed by atoms with E-state index in [2.05, 4.69) is 10.3 Å². The molecule has 0 unspecified atom stereocenters. The number of fused-ring (bicyclic) bond motifs is 1. The first-order chi connectivity index (χ1) is 11.6. The molecule has 0 saturated carbocycles. The van der Waals surface area contributed by atoms with Gasteiger partial charge in [0.1, 0.15) is 5.82 Å². The predicted octanol–water partition coefficient (Wildman–Crippen LogP) is 5.50. The van der Waals surface area contributed by atoms with Crippen molar-refractivity contribution in [1.82, 2.24) is 9.55 Å². The number of benzene rings is 1. The van der Waals surface area contributed by atoms with Crippen LogP contribution in [0.2, 0.25) is 5.02 Å². The third-order valence-corrected chi connectivity index (χ3v) is 4.28. The molecule has 1 amide bonds. The standard InChI is InChI=1S/C17H20ClF4N3O/c1-15(2,3)25-12-6-9(18)10(19)7-11(12)23-14(25)24-13(26)8-16(4,5)17(20,21)22/h6-7H,8H2,1-5H3,(H,23,24,26). The number of aromatic nitrogens is 2. The van der Waals surface area contributed by atoms with Gasteiger partial charge in [-0.3, -0.25) is 10.1 Å². The van der Waals surface area contributed by atoms with Crippen LogP contribution in [0.1, 0.15) is 41.0 Å². The van der Waals surface area contributed by atoms with E-state index in [1.54, 1.807) is 4.57 Å². The molecule has 0 saturated heterocycles. The lowest BCUT2D eigenvalue weighted by atomic mass is 9.88. The second-order valence-electron chi connectivity index (χ2n) is 7.80. The van der Waals surface area contributed by atoms with Gasteiger partial charge in [-0.2, -0.15) is 13.2 Å². The van der Waals surface area contributed by atoms with Crippen molar-refractivity contribution in [2.24, 2.45) is 5.41 Å². The number of hydrogen-bond acceptors (Lipinski definition) is 2. The number of carbonyl (C=O) groups is 1. The Morgan fingerprint density at radius 1 is 1.19 bits per heavy atom. The minimum atomic E-state index is -4.52. The molecule has 0 bridgehead atoms. The quantitative estimate of drug-likeness (QED) is 0.700. The van der Waals surface area contributed by atoms with E-state index in [1.807, 2.05) is 20.8 Å².